The van der Waals surface area contributed by atoms with Crippen LogP contribution in [0.25, 0.3) is 0 Å². The molecule has 6 heteroatoms. The Morgan fingerprint density at radius 2 is 1.35 bits per heavy atom. The maximum atomic E-state index is 12.0. The third-order valence-corrected chi connectivity index (χ3v) is 5.81. The van der Waals surface area contributed by atoms with Gasteiger partial charge in [0.05, 0.1) is 0 Å². The summed E-state index contributed by atoms with van der Waals surface area (Å²) < 4.78 is 10.8. The topological polar surface area (TPSA) is 89.9 Å². The number of hydrogen-bond donors (Lipinski definition) is 1. The first-order chi connectivity index (χ1) is 16.2. The van der Waals surface area contributed by atoms with E-state index in [1.807, 2.05) is 39.0 Å². The first-order valence-electron chi connectivity index (χ1n) is 12.0. The summed E-state index contributed by atoms with van der Waals surface area (Å²) >= 11 is 0. The van der Waals surface area contributed by atoms with Crippen LogP contribution in [-0.4, -0.2) is 34.9 Å². The van der Waals surface area contributed by atoms with Crippen LogP contribution in [0.2, 0.25) is 0 Å². The molecule has 0 atom stereocenters. The van der Waals surface area contributed by atoms with Crippen molar-refractivity contribution in [3.8, 4) is 11.5 Å². The summed E-state index contributed by atoms with van der Waals surface area (Å²) in [5.74, 6) is 0.815. The van der Waals surface area contributed by atoms with Gasteiger partial charge in [-0.3, -0.25) is 9.59 Å². The van der Waals surface area contributed by atoms with Crippen LogP contribution >= 0.6 is 0 Å². The molecule has 0 aromatic heterocycles. The number of esters is 1. The van der Waals surface area contributed by atoms with Crippen molar-refractivity contribution in [2.24, 2.45) is 0 Å². The predicted octanol–water partition coefficient (Wildman–Crippen LogP) is 5.62. The zero-order chi connectivity index (χ0) is 24.7. The molecule has 0 saturated carbocycles. The average Bonchev–Trinajstić information content (AvgIpc) is 3.09. The monoisotopic (exact) mass is 466 g/mol. The maximum absolute atomic E-state index is 12.0. The molecule has 0 aliphatic heterocycles. The number of Topliss-reactive ketones (excluding diaryl/α,β-unsaturated/α-hetero) is 2. The molecule has 4 rings (SSSR count). The molecule has 2 aliphatic rings. The molecule has 182 valence electrons. The number of fused-ring (bicyclic) bond motifs is 2. The predicted molar refractivity (Wildman–Crippen MR) is 130 cm³/mol. The normalized spacial score (nSPS) is 15.6. The average molecular weight is 467 g/mol. The smallest absolute Gasteiger partial charge is 0.344 e. The van der Waals surface area contributed by atoms with E-state index in [-0.39, 0.29) is 23.9 Å². The van der Waals surface area contributed by atoms with Crippen LogP contribution in [0.5, 0.6) is 11.5 Å². The first kappa shape index (κ1) is 25.5. The Morgan fingerprint density at radius 1 is 0.824 bits per heavy atom. The fraction of sp³-hybridized carbons (Fsp3) is 0.464. The lowest BCUT2D eigenvalue weighted by Crippen LogP contribution is -2.27. The van der Waals surface area contributed by atoms with Crippen molar-refractivity contribution in [1.82, 2.24) is 0 Å². The summed E-state index contributed by atoms with van der Waals surface area (Å²) in [5.41, 5.74) is 2.68. The number of aromatic hydroxyl groups is 1. The van der Waals surface area contributed by atoms with Crippen LogP contribution in [0, 0.1) is 0 Å². The Bertz CT molecular complexity index is 1050. The fourth-order valence-corrected chi connectivity index (χ4v) is 4.27. The van der Waals surface area contributed by atoms with Gasteiger partial charge in [0, 0.05) is 35.1 Å². The zero-order valence-electron chi connectivity index (χ0n) is 20.3. The summed E-state index contributed by atoms with van der Waals surface area (Å²) in [6, 6.07) is 10.6. The van der Waals surface area contributed by atoms with Gasteiger partial charge >= 0.3 is 5.97 Å². The molecule has 2 aromatic carbocycles. The van der Waals surface area contributed by atoms with Gasteiger partial charge < -0.3 is 14.6 Å². The summed E-state index contributed by atoms with van der Waals surface area (Å²) in [7, 11) is 0. The number of phenolic OH excluding ortho intramolecular Hbond substituents is 1. The van der Waals surface area contributed by atoms with Crippen LogP contribution in [0.3, 0.4) is 0 Å². The van der Waals surface area contributed by atoms with Gasteiger partial charge in [-0.2, -0.15) is 0 Å². The van der Waals surface area contributed by atoms with E-state index in [4.69, 9.17) is 9.47 Å². The SMILES string of the molecule is CC(C)(C)OC(=O)COc1cccc2c1CCCCC2=O.O=C1CCCCc2c(O)cccc21. The minimum atomic E-state index is -0.524. The number of rotatable bonds is 3. The van der Waals surface area contributed by atoms with Crippen molar-refractivity contribution < 1.29 is 29.0 Å². The van der Waals surface area contributed by atoms with Gasteiger partial charge in [0.2, 0.25) is 0 Å². The van der Waals surface area contributed by atoms with E-state index >= 15 is 0 Å². The molecular formula is C28H34O6. The summed E-state index contributed by atoms with van der Waals surface area (Å²) in [4.78, 5) is 35.3. The lowest BCUT2D eigenvalue weighted by molar-refractivity contribution is -0.157. The highest BCUT2D eigenvalue weighted by atomic mass is 16.6. The lowest BCUT2D eigenvalue weighted by atomic mass is 10.0. The molecule has 0 amide bonds. The summed E-state index contributed by atoms with van der Waals surface area (Å²) in [5, 5.41) is 9.55. The van der Waals surface area contributed by atoms with Crippen LogP contribution in [-0.2, 0) is 22.4 Å². The number of ether oxygens (including phenoxy) is 2. The molecule has 2 aliphatic carbocycles. The van der Waals surface area contributed by atoms with Gasteiger partial charge in [-0.25, -0.2) is 4.79 Å². The molecule has 0 bridgehead atoms. The summed E-state index contributed by atoms with van der Waals surface area (Å²) in [6.45, 7) is 5.32. The van der Waals surface area contributed by atoms with E-state index in [1.165, 1.54) is 0 Å². The second kappa shape index (κ2) is 11.3. The van der Waals surface area contributed by atoms with E-state index in [2.05, 4.69) is 0 Å². The van der Waals surface area contributed by atoms with Gasteiger partial charge in [0.15, 0.2) is 18.2 Å². The fourth-order valence-electron chi connectivity index (χ4n) is 4.27. The molecule has 0 heterocycles. The van der Waals surface area contributed by atoms with Gasteiger partial charge in [-0.1, -0.05) is 24.3 Å². The molecule has 6 nitrogen and oxygen atoms in total. The Hall–Kier alpha value is -3.15. The van der Waals surface area contributed by atoms with Gasteiger partial charge in [-0.15, -0.1) is 0 Å². The van der Waals surface area contributed by atoms with E-state index < -0.39 is 11.6 Å². The van der Waals surface area contributed by atoms with Crippen molar-refractivity contribution in [3.05, 3.63) is 58.7 Å². The van der Waals surface area contributed by atoms with Crippen LogP contribution in [0.15, 0.2) is 36.4 Å². The molecule has 34 heavy (non-hydrogen) atoms. The third-order valence-electron chi connectivity index (χ3n) is 5.81. The van der Waals surface area contributed by atoms with Crippen molar-refractivity contribution >= 4 is 17.5 Å². The Kier molecular flexibility index (Phi) is 8.48. The molecule has 0 fully saturated rings. The quantitative estimate of drug-likeness (QED) is 0.467. The Balaban J connectivity index is 0.000000212. The standard InChI is InChI=1S/C17H22O4.C11H12O2/c1-17(2,3)21-16(19)11-20-15-10-6-8-12-13(15)7-4-5-9-14(12)18;12-10-6-2-1-4-8-9(10)5-3-7-11(8)13/h6,8,10H,4-5,7,9,11H2,1-3H3;3,5,7,13H,1-2,4,6H2. The number of carbonyl (C=O) groups excluding carboxylic acids is 3. The van der Waals surface area contributed by atoms with Crippen LogP contribution in [0.1, 0.15) is 91.1 Å². The van der Waals surface area contributed by atoms with Gasteiger partial charge in [0.1, 0.15) is 17.1 Å². The van der Waals surface area contributed by atoms with E-state index in [0.29, 0.717) is 18.6 Å². The molecule has 0 spiro atoms. The number of ketones is 2. The highest BCUT2D eigenvalue weighted by Gasteiger charge is 2.21. The van der Waals surface area contributed by atoms with E-state index in [1.54, 1.807) is 18.2 Å². The maximum Gasteiger partial charge on any atom is 0.344 e. The minimum Gasteiger partial charge on any atom is -0.508 e. The highest BCUT2D eigenvalue weighted by Crippen LogP contribution is 2.29. The van der Waals surface area contributed by atoms with E-state index in [0.717, 1.165) is 60.8 Å². The van der Waals surface area contributed by atoms with Crippen LogP contribution in [0.4, 0.5) is 0 Å². The zero-order valence-corrected chi connectivity index (χ0v) is 20.3. The molecule has 0 unspecified atom stereocenters. The van der Waals surface area contributed by atoms with E-state index in [9.17, 15) is 19.5 Å². The Labute approximate surface area is 201 Å². The molecule has 0 saturated heterocycles. The number of benzene rings is 2. The molecular weight excluding hydrogens is 432 g/mol. The number of hydrogen-bond acceptors (Lipinski definition) is 6. The second-order valence-electron chi connectivity index (χ2n) is 9.72. The number of phenols is 1. The molecule has 0 radical (unpaired) electrons. The Morgan fingerprint density at radius 3 is 1.97 bits per heavy atom. The first-order valence-corrected chi connectivity index (χ1v) is 12.0. The highest BCUT2D eigenvalue weighted by molar-refractivity contribution is 5.99. The van der Waals surface area contributed by atoms with Crippen LogP contribution < -0.4 is 4.74 Å². The van der Waals surface area contributed by atoms with Gasteiger partial charge in [0.25, 0.3) is 0 Å². The molecule has 1 N–H and O–H groups in total. The minimum absolute atomic E-state index is 0.137. The van der Waals surface area contributed by atoms with Crippen molar-refractivity contribution in [1.29, 1.82) is 0 Å². The van der Waals surface area contributed by atoms with Crippen molar-refractivity contribution in [3.63, 3.8) is 0 Å². The van der Waals surface area contributed by atoms with Crippen molar-refractivity contribution in [2.45, 2.75) is 77.7 Å². The second-order valence-corrected chi connectivity index (χ2v) is 9.72. The largest absolute Gasteiger partial charge is 0.508 e. The van der Waals surface area contributed by atoms with Gasteiger partial charge in [-0.05, 0) is 71.4 Å². The number of carbonyl (C=O) groups is 3. The molecule has 2 aromatic rings. The lowest BCUT2D eigenvalue weighted by Gasteiger charge is -2.20. The van der Waals surface area contributed by atoms with Crippen molar-refractivity contribution in [2.75, 3.05) is 6.61 Å². The summed E-state index contributed by atoms with van der Waals surface area (Å²) in [6.07, 6.45) is 6.64. The third kappa shape index (κ3) is 6.92.